The highest BCUT2D eigenvalue weighted by Crippen LogP contribution is 2.31. The van der Waals surface area contributed by atoms with E-state index in [0.29, 0.717) is 6.42 Å². The van der Waals surface area contributed by atoms with Gasteiger partial charge in [-0.15, -0.1) is 0 Å². The standard InChI is InChI=1S/C17H25BrN2O/c1-13(14-6-8-15(18)9-7-14)20-16(21)12-17(19-2)10-4-3-5-11-17/h6-9,13,19H,3-5,10-12H2,1-2H3,(H,20,21)/t13-/m1/s1. The van der Waals surface area contributed by atoms with Gasteiger partial charge >= 0.3 is 0 Å². The van der Waals surface area contributed by atoms with Crippen molar-refractivity contribution in [1.82, 2.24) is 10.6 Å². The number of amides is 1. The third-order valence-electron chi connectivity index (χ3n) is 4.59. The SMILES string of the molecule is CNC1(CC(=O)N[C@H](C)c2ccc(Br)cc2)CCCCC1. The van der Waals surface area contributed by atoms with E-state index in [2.05, 4.69) is 26.6 Å². The van der Waals surface area contributed by atoms with E-state index in [1.54, 1.807) is 0 Å². The van der Waals surface area contributed by atoms with Gasteiger partial charge in [0, 0.05) is 16.4 Å². The van der Waals surface area contributed by atoms with E-state index < -0.39 is 0 Å². The number of halogens is 1. The molecule has 0 unspecified atom stereocenters. The Labute approximate surface area is 136 Å². The van der Waals surface area contributed by atoms with Gasteiger partial charge in [-0.05, 0) is 44.5 Å². The quantitative estimate of drug-likeness (QED) is 0.842. The number of hydrogen-bond acceptors (Lipinski definition) is 2. The monoisotopic (exact) mass is 352 g/mol. The van der Waals surface area contributed by atoms with Crippen LogP contribution in [0, 0.1) is 0 Å². The fourth-order valence-electron chi connectivity index (χ4n) is 3.18. The maximum absolute atomic E-state index is 12.4. The molecular weight excluding hydrogens is 328 g/mol. The summed E-state index contributed by atoms with van der Waals surface area (Å²) >= 11 is 3.43. The molecule has 1 amide bonds. The molecular formula is C17H25BrN2O. The molecule has 0 bridgehead atoms. The summed E-state index contributed by atoms with van der Waals surface area (Å²) in [7, 11) is 1.98. The molecule has 3 nitrogen and oxygen atoms in total. The van der Waals surface area contributed by atoms with Gasteiger partial charge in [0.25, 0.3) is 0 Å². The maximum Gasteiger partial charge on any atom is 0.222 e. The molecule has 1 fully saturated rings. The topological polar surface area (TPSA) is 41.1 Å². The van der Waals surface area contributed by atoms with Crippen molar-refractivity contribution < 1.29 is 4.79 Å². The van der Waals surface area contributed by atoms with Crippen molar-refractivity contribution >= 4 is 21.8 Å². The van der Waals surface area contributed by atoms with Crippen LogP contribution in [0.4, 0.5) is 0 Å². The smallest absolute Gasteiger partial charge is 0.222 e. The van der Waals surface area contributed by atoms with Gasteiger partial charge in [0.2, 0.25) is 5.91 Å². The number of nitrogens with one attached hydrogen (secondary N) is 2. The molecule has 0 aliphatic heterocycles. The van der Waals surface area contributed by atoms with Crippen LogP contribution in [-0.4, -0.2) is 18.5 Å². The molecule has 0 aromatic heterocycles. The van der Waals surface area contributed by atoms with Crippen molar-refractivity contribution in [2.75, 3.05) is 7.05 Å². The summed E-state index contributed by atoms with van der Waals surface area (Å²) < 4.78 is 1.06. The van der Waals surface area contributed by atoms with Crippen LogP contribution in [0.3, 0.4) is 0 Å². The van der Waals surface area contributed by atoms with E-state index in [-0.39, 0.29) is 17.5 Å². The Morgan fingerprint density at radius 2 is 1.86 bits per heavy atom. The molecule has 2 N–H and O–H groups in total. The van der Waals surface area contributed by atoms with Gasteiger partial charge in [-0.25, -0.2) is 0 Å². The van der Waals surface area contributed by atoms with Crippen LogP contribution >= 0.6 is 15.9 Å². The fourth-order valence-corrected chi connectivity index (χ4v) is 3.44. The lowest BCUT2D eigenvalue weighted by Crippen LogP contribution is -2.48. The second-order valence-electron chi connectivity index (χ2n) is 6.11. The molecule has 21 heavy (non-hydrogen) atoms. The summed E-state index contributed by atoms with van der Waals surface area (Å²) in [4.78, 5) is 12.4. The summed E-state index contributed by atoms with van der Waals surface area (Å²) in [6.07, 6.45) is 6.50. The van der Waals surface area contributed by atoms with Gasteiger partial charge in [0.15, 0.2) is 0 Å². The highest BCUT2D eigenvalue weighted by atomic mass is 79.9. The molecule has 116 valence electrons. The number of benzene rings is 1. The van der Waals surface area contributed by atoms with Crippen molar-refractivity contribution in [2.45, 2.75) is 57.0 Å². The first-order valence-electron chi connectivity index (χ1n) is 7.78. The first-order valence-corrected chi connectivity index (χ1v) is 8.58. The van der Waals surface area contributed by atoms with Crippen LogP contribution in [0.5, 0.6) is 0 Å². The normalized spacial score (nSPS) is 19.0. The molecule has 0 spiro atoms. The molecule has 0 heterocycles. The molecule has 1 aliphatic rings. The van der Waals surface area contributed by atoms with Crippen molar-refractivity contribution in [3.05, 3.63) is 34.3 Å². The summed E-state index contributed by atoms with van der Waals surface area (Å²) in [5, 5.41) is 6.53. The molecule has 1 aromatic carbocycles. The van der Waals surface area contributed by atoms with Crippen LogP contribution in [0.2, 0.25) is 0 Å². The van der Waals surface area contributed by atoms with Crippen LogP contribution < -0.4 is 10.6 Å². The van der Waals surface area contributed by atoms with E-state index in [9.17, 15) is 4.79 Å². The summed E-state index contributed by atoms with van der Waals surface area (Å²) in [6.45, 7) is 2.04. The molecule has 1 atom stereocenters. The molecule has 0 radical (unpaired) electrons. The van der Waals surface area contributed by atoms with Crippen LogP contribution in [0.25, 0.3) is 0 Å². The van der Waals surface area contributed by atoms with Gasteiger partial charge in [-0.2, -0.15) is 0 Å². The zero-order valence-corrected chi connectivity index (χ0v) is 14.5. The van der Waals surface area contributed by atoms with Crippen molar-refractivity contribution in [3.63, 3.8) is 0 Å². The Bertz CT molecular complexity index is 466. The van der Waals surface area contributed by atoms with Crippen LogP contribution in [0.15, 0.2) is 28.7 Å². The Morgan fingerprint density at radius 1 is 1.24 bits per heavy atom. The van der Waals surface area contributed by atoms with Crippen molar-refractivity contribution in [1.29, 1.82) is 0 Å². The largest absolute Gasteiger partial charge is 0.350 e. The van der Waals surface area contributed by atoms with E-state index in [0.717, 1.165) is 22.9 Å². The van der Waals surface area contributed by atoms with Gasteiger partial charge in [0.05, 0.1) is 6.04 Å². The Morgan fingerprint density at radius 3 is 2.43 bits per heavy atom. The van der Waals surface area contributed by atoms with E-state index >= 15 is 0 Å². The second kappa shape index (κ2) is 7.41. The number of hydrogen-bond donors (Lipinski definition) is 2. The number of carbonyl (C=O) groups is 1. The average molecular weight is 353 g/mol. The summed E-state index contributed by atoms with van der Waals surface area (Å²) in [5.74, 6) is 0.140. The highest BCUT2D eigenvalue weighted by Gasteiger charge is 2.32. The Hall–Kier alpha value is -0.870. The lowest BCUT2D eigenvalue weighted by molar-refractivity contribution is -0.123. The van der Waals surface area contributed by atoms with Crippen molar-refractivity contribution in [3.8, 4) is 0 Å². The zero-order chi connectivity index (χ0) is 15.3. The minimum absolute atomic E-state index is 0.00176. The van der Waals surface area contributed by atoms with Gasteiger partial charge in [-0.1, -0.05) is 47.3 Å². The first kappa shape index (κ1) is 16.5. The number of rotatable bonds is 5. The zero-order valence-electron chi connectivity index (χ0n) is 12.9. The first-order chi connectivity index (χ1) is 10.0. The summed E-state index contributed by atoms with van der Waals surface area (Å²) in [6, 6.07) is 8.15. The Balaban J connectivity index is 1.92. The molecule has 4 heteroatoms. The minimum atomic E-state index is 0.00176. The molecule has 1 aromatic rings. The maximum atomic E-state index is 12.4. The fraction of sp³-hybridized carbons (Fsp3) is 0.588. The third-order valence-corrected chi connectivity index (χ3v) is 5.12. The average Bonchev–Trinajstić information content (AvgIpc) is 2.48. The van der Waals surface area contributed by atoms with Crippen LogP contribution in [-0.2, 0) is 4.79 Å². The van der Waals surface area contributed by atoms with E-state index in [1.807, 2.05) is 38.2 Å². The van der Waals surface area contributed by atoms with Crippen LogP contribution in [0.1, 0.15) is 57.1 Å². The molecule has 1 aliphatic carbocycles. The Kier molecular flexibility index (Phi) is 5.82. The lowest BCUT2D eigenvalue weighted by Gasteiger charge is -2.37. The van der Waals surface area contributed by atoms with E-state index in [1.165, 1.54) is 19.3 Å². The van der Waals surface area contributed by atoms with E-state index in [4.69, 9.17) is 0 Å². The molecule has 1 saturated carbocycles. The molecule has 0 saturated heterocycles. The lowest BCUT2D eigenvalue weighted by atomic mass is 9.79. The highest BCUT2D eigenvalue weighted by molar-refractivity contribution is 9.10. The summed E-state index contributed by atoms with van der Waals surface area (Å²) in [5.41, 5.74) is 1.13. The minimum Gasteiger partial charge on any atom is -0.350 e. The predicted molar refractivity (Wildman–Crippen MR) is 90.2 cm³/mol. The third kappa shape index (κ3) is 4.55. The second-order valence-corrected chi connectivity index (χ2v) is 7.02. The van der Waals surface area contributed by atoms with Gasteiger partial charge in [-0.3, -0.25) is 4.79 Å². The van der Waals surface area contributed by atoms with Gasteiger partial charge in [0.1, 0.15) is 0 Å². The van der Waals surface area contributed by atoms with Crippen molar-refractivity contribution in [2.24, 2.45) is 0 Å². The predicted octanol–water partition coefficient (Wildman–Crippen LogP) is 3.94. The molecule has 2 rings (SSSR count). The van der Waals surface area contributed by atoms with Gasteiger partial charge < -0.3 is 10.6 Å². The number of carbonyl (C=O) groups excluding carboxylic acids is 1.